The first kappa shape index (κ1) is 10.4. The Kier molecular flexibility index (Phi) is 2.34. The summed E-state index contributed by atoms with van der Waals surface area (Å²) in [7, 11) is 0. The Bertz CT molecular complexity index is 231. The van der Waals surface area contributed by atoms with Gasteiger partial charge in [0.15, 0.2) is 5.79 Å². The highest BCUT2D eigenvalue weighted by atomic mass is 16.8. The van der Waals surface area contributed by atoms with Crippen LogP contribution in [0.5, 0.6) is 0 Å². The highest BCUT2D eigenvalue weighted by Crippen LogP contribution is 2.44. The Labute approximate surface area is 84.7 Å². The fourth-order valence-electron chi connectivity index (χ4n) is 2.41. The molecule has 0 aromatic carbocycles. The summed E-state index contributed by atoms with van der Waals surface area (Å²) in [6, 6.07) is 0. The molecule has 2 aliphatic heterocycles. The van der Waals surface area contributed by atoms with Crippen LogP contribution in [0.4, 0.5) is 0 Å². The summed E-state index contributed by atoms with van der Waals surface area (Å²) in [5.74, 6) is -0.502. The van der Waals surface area contributed by atoms with Gasteiger partial charge in [0.1, 0.15) is 11.7 Å². The lowest BCUT2D eigenvalue weighted by Gasteiger charge is -2.25. The summed E-state index contributed by atoms with van der Waals surface area (Å²) in [4.78, 5) is 0. The zero-order valence-corrected chi connectivity index (χ0v) is 9.08. The molecule has 2 fully saturated rings. The minimum atomic E-state index is -0.502. The molecule has 0 aliphatic carbocycles. The molecule has 82 valence electrons. The van der Waals surface area contributed by atoms with Gasteiger partial charge in [0, 0.05) is 6.54 Å². The maximum atomic E-state index is 5.94. The van der Waals surface area contributed by atoms with Crippen molar-refractivity contribution >= 4 is 0 Å². The van der Waals surface area contributed by atoms with Gasteiger partial charge in [-0.25, -0.2) is 0 Å². The molecule has 14 heavy (non-hydrogen) atoms. The summed E-state index contributed by atoms with van der Waals surface area (Å²) in [6.45, 7) is 7.07. The summed E-state index contributed by atoms with van der Waals surface area (Å²) in [5.41, 5.74) is 5.36. The second kappa shape index (κ2) is 3.17. The van der Waals surface area contributed by atoms with Crippen LogP contribution in [0.3, 0.4) is 0 Å². The molecule has 0 spiro atoms. The van der Waals surface area contributed by atoms with Crippen LogP contribution in [0.2, 0.25) is 0 Å². The van der Waals surface area contributed by atoms with Crippen molar-refractivity contribution in [2.75, 3.05) is 13.2 Å². The van der Waals surface area contributed by atoms with Gasteiger partial charge in [-0.2, -0.15) is 0 Å². The second-order valence-electron chi connectivity index (χ2n) is 4.54. The molecule has 2 rings (SSSR count). The molecule has 0 amide bonds. The molecule has 2 heterocycles. The first-order valence-electron chi connectivity index (χ1n) is 5.23. The van der Waals surface area contributed by atoms with Gasteiger partial charge in [-0.15, -0.1) is 0 Å². The van der Waals surface area contributed by atoms with Gasteiger partial charge >= 0.3 is 0 Å². The summed E-state index contributed by atoms with van der Waals surface area (Å²) in [6.07, 6.45) is 0.877. The fraction of sp³-hybridized carbons (Fsp3) is 1.00. The number of rotatable bonds is 2. The van der Waals surface area contributed by atoms with E-state index in [0.717, 1.165) is 6.42 Å². The van der Waals surface area contributed by atoms with Crippen molar-refractivity contribution < 1.29 is 14.2 Å². The minimum Gasteiger partial charge on any atom is -0.371 e. The first-order valence-corrected chi connectivity index (χ1v) is 5.23. The normalized spacial score (nSPS) is 45.4. The van der Waals surface area contributed by atoms with Crippen LogP contribution < -0.4 is 5.73 Å². The lowest BCUT2D eigenvalue weighted by Crippen LogP contribution is -2.42. The highest BCUT2D eigenvalue weighted by molar-refractivity contribution is 5.04. The van der Waals surface area contributed by atoms with Gasteiger partial charge in [0.25, 0.3) is 0 Å². The van der Waals surface area contributed by atoms with E-state index >= 15 is 0 Å². The third-order valence-electron chi connectivity index (χ3n) is 3.09. The Balaban J connectivity index is 2.22. The van der Waals surface area contributed by atoms with Gasteiger partial charge in [-0.05, 0) is 20.3 Å². The van der Waals surface area contributed by atoms with Gasteiger partial charge in [-0.1, -0.05) is 6.92 Å². The van der Waals surface area contributed by atoms with Crippen LogP contribution in [0, 0.1) is 0 Å². The third-order valence-corrected chi connectivity index (χ3v) is 3.09. The predicted octanol–water partition coefficient (Wildman–Crippen LogP) is 0.644. The molecule has 0 saturated carbocycles. The van der Waals surface area contributed by atoms with Crippen molar-refractivity contribution in [3.8, 4) is 0 Å². The van der Waals surface area contributed by atoms with Gasteiger partial charge < -0.3 is 19.9 Å². The molecule has 0 aromatic heterocycles. The summed E-state index contributed by atoms with van der Waals surface area (Å²) >= 11 is 0. The molecule has 4 nitrogen and oxygen atoms in total. The lowest BCUT2D eigenvalue weighted by atomic mass is 9.94. The number of hydrogen-bond acceptors (Lipinski definition) is 4. The summed E-state index contributed by atoms with van der Waals surface area (Å²) < 4.78 is 17.4. The molecular weight excluding hydrogens is 182 g/mol. The Morgan fingerprint density at radius 3 is 2.71 bits per heavy atom. The van der Waals surface area contributed by atoms with E-state index in [1.54, 1.807) is 0 Å². The maximum absolute atomic E-state index is 5.94. The van der Waals surface area contributed by atoms with Crippen LogP contribution >= 0.6 is 0 Å². The van der Waals surface area contributed by atoms with Crippen molar-refractivity contribution in [1.29, 1.82) is 0 Å². The molecule has 2 saturated heterocycles. The Morgan fingerprint density at radius 2 is 2.14 bits per heavy atom. The van der Waals surface area contributed by atoms with Gasteiger partial charge in [0.2, 0.25) is 0 Å². The topological polar surface area (TPSA) is 53.7 Å². The molecule has 2 aliphatic rings. The minimum absolute atomic E-state index is 0.00694. The molecule has 3 atom stereocenters. The monoisotopic (exact) mass is 201 g/mol. The first-order chi connectivity index (χ1) is 6.53. The quantitative estimate of drug-likeness (QED) is 0.712. The molecule has 0 aromatic rings. The van der Waals surface area contributed by atoms with E-state index in [1.807, 2.05) is 13.8 Å². The van der Waals surface area contributed by atoms with E-state index in [9.17, 15) is 0 Å². The third kappa shape index (κ3) is 1.37. The lowest BCUT2D eigenvalue weighted by molar-refractivity contribution is -0.189. The average Bonchev–Trinajstić information content (AvgIpc) is 2.56. The van der Waals surface area contributed by atoms with E-state index in [4.69, 9.17) is 19.9 Å². The van der Waals surface area contributed by atoms with E-state index in [1.165, 1.54) is 0 Å². The molecule has 0 bridgehead atoms. The van der Waals surface area contributed by atoms with Crippen molar-refractivity contribution in [2.24, 2.45) is 5.73 Å². The predicted molar refractivity (Wildman–Crippen MR) is 51.9 cm³/mol. The zero-order valence-electron chi connectivity index (χ0n) is 9.08. The SMILES string of the molecule is CC[C@]12CO[C@H](CN)[C@H]1OC(C)(C)O2. The number of ether oxygens (including phenoxy) is 3. The van der Waals surface area contributed by atoms with Crippen molar-refractivity contribution in [3.63, 3.8) is 0 Å². The Morgan fingerprint density at radius 1 is 1.43 bits per heavy atom. The van der Waals surface area contributed by atoms with Crippen LogP contribution in [-0.4, -0.2) is 36.7 Å². The molecular formula is C10H19NO3. The molecule has 0 unspecified atom stereocenters. The van der Waals surface area contributed by atoms with Crippen LogP contribution in [0.25, 0.3) is 0 Å². The fourth-order valence-corrected chi connectivity index (χ4v) is 2.41. The standard InChI is InChI=1S/C10H19NO3/c1-4-10-6-12-7(5-11)8(10)13-9(2,3)14-10/h7-8H,4-6,11H2,1-3H3/t7-,8-,10+/m1/s1. The number of nitrogens with two attached hydrogens (primary N) is 1. The highest BCUT2D eigenvalue weighted by Gasteiger charge is 2.59. The Hall–Kier alpha value is -0.160. The number of fused-ring (bicyclic) bond motifs is 1. The van der Waals surface area contributed by atoms with E-state index in [2.05, 4.69) is 6.92 Å². The number of hydrogen-bond donors (Lipinski definition) is 1. The zero-order chi connectivity index (χ0) is 10.4. The van der Waals surface area contributed by atoms with Crippen molar-refractivity contribution in [2.45, 2.75) is 50.8 Å². The van der Waals surface area contributed by atoms with E-state index < -0.39 is 5.79 Å². The van der Waals surface area contributed by atoms with Crippen molar-refractivity contribution in [3.05, 3.63) is 0 Å². The van der Waals surface area contributed by atoms with Crippen LogP contribution in [0.1, 0.15) is 27.2 Å². The van der Waals surface area contributed by atoms with Crippen molar-refractivity contribution in [1.82, 2.24) is 0 Å². The molecule has 2 N–H and O–H groups in total. The smallest absolute Gasteiger partial charge is 0.164 e. The van der Waals surface area contributed by atoms with Crippen LogP contribution in [0.15, 0.2) is 0 Å². The molecule has 4 heteroatoms. The van der Waals surface area contributed by atoms with Gasteiger partial charge in [-0.3, -0.25) is 0 Å². The largest absolute Gasteiger partial charge is 0.371 e. The second-order valence-corrected chi connectivity index (χ2v) is 4.54. The maximum Gasteiger partial charge on any atom is 0.164 e. The van der Waals surface area contributed by atoms with E-state index in [0.29, 0.717) is 13.2 Å². The average molecular weight is 201 g/mol. The van der Waals surface area contributed by atoms with E-state index in [-0.39, 0.29) is 17.8 Å². The summed E-state index contributed by atoms with van der Waals surface area (Å²) in [5, 5.41) is 0. The van der Waals surface area contributed by atoms with Gasteiger partial charge in [0.05, 0.1) is 12.7 Å². The van der Waals surface area contributed by atoms with Crippen LogP contribution in [-0.2, 0) is 14.2 Å². The molecule has 0 radical (unpaired) electrons.